The molecule has 2 aromatic rings. The van der Waals surface area contributed by atoms with Gasteiger partial charge in [-0.25, -0.2) is 13.1 Å². The van der Waals surface area contributed by atoms with Crippen molar-refractivity contribution < 1.29 is 22.7 Å². The van der Waals surface area contributed by atoms with Crippen LogP contribution in [-0.4, -0.2) is 34.1 Å². The maximum absolute atomic E-state index is 13.0. The Morgan fingerprint density at radius 1 is 1.06 bits per heavy atom. The Labute approximate surface area is 190 Å². The zero-order valence-corrected chi connectivity index (χ0v) is 19.9. The molecule has 2 N–H and O–H groups in total. The van der Waals surface area contributed by atoms with Crippen LogP contribution in [0.15, 0.2) is 60.0 Å². The monoisotopic (exact) mass is 460 g/mol. The molecule has 7 nitrogen and oxygen atoms in total. The standard InChI is InChI=1S/C24H32N2O5S/c1-6-14-25-32(28,29)20-11-9-10-19(15-20)24(27)26-23(17(4)5)18-12-13-21(30-7-2)22(16-18)31-8-3/h6,9-13,15-17,23,25H,1,7-8,14H2,2-5H3,(H,26,27). The molecule has 32 heavy (non-hydrogen) atoms. The van der Waals surface area contributed by atoms with Crippen molar-refractivity contribution in [2.24, 2.45) is 5.92 Å². The van der Waals surface area contributed by atoms with Crippen LogP contribution in [0.25, 0.3) is 0 Å². The maximum Gasteiger partial charge on any atom is 0.251 e. The Morgan fingerprint density at radius 3 is 2.38 bits per heavy atom. The molecule has 0 bridgehead atoms. The minimum Gasteiger partial charge on any atom is -0.490 e. The average Bonchev–Trinajstić information content (AvgIpc) is 2.77. The number of hydrogen-bond donors (Lipinski definition) is 2. The third-order valence-corrected chi connectivity index (χ3v) is 6.13. The number of carbonyl (C=O) groups is 1. The molecule has 0 radical (unpaired) electrons. The van der Waals surface area contributed by atoms with Crippen LogP contribution in [0.1, 0.15) is 49.7 Å². The van der Waals surface area contributed by atoms with Gasteiger partial charge in [-0.3, -0.25) is 4.79 Å². The fourth-order valence-corrected chi connectivity index (χ4v) is 4.22. The molecule has 0 fully saturated rings. The largest absolute Gasteiger partial charge is 0.490 e. The van der Waals surface area contributed by atoms with E-state index in [0.717, 1.165) is 5.56 Å². The number of benzene rings is 2. The molecular formula is C24H32N2O5S. The molecule has 0 spiro atoms. The van der Waals surface area contributed by atoms with E-state index in [-0.39, 0.29) is 34.9 Å². The highest BCUT2D eigenvalue weighted by Gasteiger charge is 2.22. The van der Waals surface area contributed by atoms with E-state index in [2.05, 4.69) is 16.6 Å². The van der Waals surface area contributed by atoms with Gasteiger partial charge >= 0.3 is 0 Å². The van der Waals surface area contributed by atoms with Gasteiger partial charge in [0.15, 0.2) is 11.5 Å². The lowest BCUT2D eigenvalue weighted by molar-refractivity contribution is 0.0925. The molecule has 1 atom stereocenters. The number of ether oxygens (including phenoxy) is 2. The van der Waals surface area contributed by atoms with Crippen LogP contribution in [0, 0.1) is 5.92 Å². The van der Waals surface area contributed by atoms with Gasteiger partial charge in [0, 0.05) is 12.1 Å². The van der Waals surface area contributed by atoms with Crippen LogP contribution in [0.2, 0.25) is 0 Å². The van der Waals surface area contributed by atoms with E-state index in [4.69, 9.17) is 9.47 Å². The van der Waals surface area contributed by atoms with Crippen LogP contribution < -0.4 is 19.5 Å². The van der Waals surface area contributed by atoms with Gasteiger partial charge in [-0.1, -0.05) is 32.1 Å². The van der Waals surface area contributed by atoms with E-state index in [1.807, 2.05) is 45.9 Å². The SMILES string of the molecule is C=CCNS(=O)(=O)c1cccc(C(=O)NC(c2ccc(OCC)c(OCC)c2)C(C)C)c1. The van der Waals surface area contributed by atoms with Gasteiger partial charge < -0.3 is 14.8 Å². The van der Waals surface area contributed by atoms with Crippen molar-refractivity contribution in [3.8, 4) is 11.5 Å². The molecule has 2 aromatic carbocycles. The van der Waals surface area contributed by atoms with Gasteiger partial charge in [0.1, 0.15) is 0 Å². The summed E-state index contributed by atoms with van der Waals surface area (Å²) in [5.74, 6) is 0.980. The Balaban J connectivity index is 2.31. The van der Waals surface area contributed by atoms with E-state index < -0.39 is 10.0 Å². The molecule has 0 aliphatic heterocycles. The van der Waals surface area contributed by atoms with E-state index >= 15 is 0 Å². The maximum atomic E-state index is 13.0. The smallest absolute Gasteiger partial charge is 0.251 e. The Hall–Kier alpha value is -2.84. The Kier molecular flexibility index (Phi) is 9.28. The molecule has 174 valence electrons. The summed E-state index contributed by atoms with van der Waals surface area (Å²) in [6, 6.07) is 11.2. The normalized spacial score (nSPS) is 12.3. The highest BCUT2D eigenvalue weighted by Crippen LogP contribution is 2.33. The van der Waals surface area contributed by atoms with Crippen molar-refractivity contribution in [2.75, 3.05) is 19.8 Å². The second kappa shape index (κ2) is 11.7. The van der Waals surface area contributed by atoms with Gasteiger partial charge in [0.25, 0.3) is 5.91 Å². The van der Waals surface area contributed by atoms with Gasteiger partial charge in [-0.05, 0) is 55.7 Å². The lowest BCUT2D eigenvalue weighted by Crippen LogP contribution is -2.32. The first kappa shape index (κ1) is 25.4. The summed E-state index contributed by atoms with van der Waals surface area (Å²) in [4.78, 5) is 13.0. The molecule has 0 saturated carbocycles. The number of carbonyl (C=O) groups excluding carboxylic acids is 1. The van der Waals surface area contributed by atoms with Crippen LogP contribution in [0.5, 0.6) is 11.5 Å². The molecule has 0 aliphatic rings. The number of nitrogens with one attached hydrogen (secondary N) is 2. The van der Waals surface area contributed by atoms with Crippen LogP contribution >= 0.6 is 0 Å². The van der Waals surface area contributed by atoms with Crippen molar-refractivity contribution in [1.29, 1.82) is 0 Å². The van der Waals surface area contributed by atoms with Crippen molar-refractivity contribution >= 4 is 15.9 Å². The van der Waals surface area contributed by atoms with Crippen LogP contribution in [0.4, 0.5) is 0 Å². The second-order valence-electron chi connectivity index (χ2n) is 7.44. The van der Waals surface area contributed by atoms with Crippen LogP contribution in [0.3, 0.4) is 0 Å². The molecule has 8 heteroatoms. The average molecular weight is 461 g/mol. The zero-order chi connectivity index (χ0) is 23.7. The quantitative estimate of drug-likeness (QED) is 0.466. The predicted octanol–water partition coefficient (Wildman–Crippen LogP) is 4.08. The highest BCUT2D eigenvalue weighted by molar-refractivity contribution is 7.89. The summed E-state index contributed by atoms with van der Waals surface area (Å²) in [6.07, 6.45) is 1.45. The fourth-order valence-electron chi connectivity index (χ4n) is 3.18. The summed E-state index contributed by atoms with van der Waals surface area (Å²) in [5.41, 5.74) is 1.13. The van der Waals surface area contributed by atoms with Crippen molar-refractivity contribution in [3.63, 3.8) is 0 Å². The van der Waals surface area contributed by atoms with Crippen LogP contribution in [-0.2, 0) is 10.0 Å². The van der Waals surface area contributed by atoms with E-state index in [1.165, 1.54) is 18.2 Å². The molecule has 0 saturated heterocycles. The Morgan fingerprint density at radius 2 is 1.75 bits per heavy atom. The number of rotatable bonds is 12. The summed E-state index contributed by atoms with van der Waals surface area (Å²) in [6.45, 7) is 12.4. The van der Waals surface area contributed by atoms with Gasteiger partial charge in [0.2, 0.25) is 10.0 Å². The zero-order valence-electron chi connectivity index (χ0n) is 19.1. The molecule has 0 aliphatic carbocycles. The third-order valence-electron chi connectivity index (χ3n) is 4.70. The minimum atomic E-state index is -3.73. The molecule has 0 heterocycles. The first-order chi connectivity index (χ1) is 15.2. The lowest BCUT2D eigenvalue weighted by Gasteiger charge is -2.24. The van der Waals surface area contributed by atoms with E-state index in [0.29, 0.717) is 24.7 Å². The molecular weight excluding hydrogens is 428 g/mol. The summed E-state index contributed by atoms with van der Waals surface area (Å²) >= 11 is 0. The fraction of sp³-hybridized carbons (Fsp3) is 0.375. The number of amides is 1. The number of hydrogen-bond acceptors (Lipinski definition) is 5. The molecule has 1 unspecified atom stereocenters. The topological polar surface area (TPSA) is 93.7 Å². The minimum absolute atomic E-state index is 0.0211. The summed E-state index contributed by atoms with van der Waals surface area (Å²) in [5, 5.41) is 3.02. The Bertz CT molecular complexity index is 1030. The first-order valence-electron chi connectivity index (χ1n) is 10.6. The lowest BCUT2D eigenvalue weighted by atomic mass is 9.95. The highest BCUT2D eigenvalue weighted by atomic mass is 32.2. The first-order valence-corrected chi connectivity index (χ1v) is 12.1. The van der Waals surface area contributed by atoms with Gasteiger partial charge in [-0.15, -0.1) is 6.58 Å². The number of sulfonamides is 1. The van der Waals surface area contributed by atoms with Gasteiger partial charge in [-0.2, -0.15) is 0 Å². The third kappa shape index (κ3) is 6.58. The second-order valence-corrected chi connectivity index (χ2v) is 9.20. The molecule has 2 rings (SSSR count). The van der Waals surface area contributed by atoms with Crippen molar-refractivity contribution in [1.82, 2.24) is 10.0 Å². The van der Waals surface area contributed by atoms with Crippen molar-refractivity contribution in [3.05, 3.63) is 66.2 Å². The molecule has 0 aromatic heterocycles. The van der Waals surface area contributed by atoms with Gasteiger partial charge in [0.05, 0.1) is 24.2 Å². The molecule has 1 amide bonds. The summed E-state index contributed by atoms with van der Waals surface area (Å²) < 4.78 is 38.5. The van der Waals surface area contributed by atoms with E-state index in [1.54, 1.807) is 12.1 Å². The van der Waals surface area contributed by atoms with Crippen molar-refractivity contribution in [2.45, 2.75) is 38.6 Å². The predicted molar refractivity (Wildman–Crippen MR) is 126 cm³/mol. The van der Waals surface area contributed by atoms with E-state index in [9.17, 15) is 13.2 Å². The summed E-state index contributed by atoms with van der Waals surface area (Å²) in [7, 11) is -3.73.